The number of tetrazole rings is 1. The van der Waals surface area contributed by atoms with Crippen LogP contribution in [0.1, 0.15) is 44.9 Å². The van der Waals surface area contributed by atoms with Gasteiger partial charge in [-0.3, -0.25) is 0 Å². The molecule has 2 rings (SSSR count). The number of H-pyrrole nitrogens is 1. The van der Waals surface area contributed by atoms with Gasteiger partial charge in [0, 0.05) is 19.0 Å². The Kier molecular flexibility index (Phi) is 6.23. The zero-order valence-corrected chi connectivity index (χ0v) is 11.9. The molecule has 1 fully saturated rings. The molecule has 0 saturated carbocycles. The Hall–Kier alpha value is -1.01. The number of hydrogen-bond donors (Lipinski definition) is 2. The lowest BCUT2D eigenvalue weighted by Gasteiger charge is -2.24. The predicted octanol–water partition coefficient (Wildman–Crippen LogP) is 0.986. The van der Waals surface area contributed by atoms with Crippen LogP contribution < -0.4 is 5.32 Å². The summed E-state index contributed by atoms with van der Waals surface area (Å²) in [6.07, 6.45) is 7.49. The second kappa shape index (κ2) is 8.22. The van der Waals surface area contributed by atoms with Gasteiger partial charge in [-0.15, -0.1) is 10.2 Å². The molecule has 1 aliphatic rings. The number of hydrogen-bond acceptors (Lipinski definition) is 5. The molecule has 0 radical (unpaired) electrons. The average Bonchev–Trinajstić information content (AvgIpc) is 2.79. The van der Waals surface area contributed by atoms with Crippen LogP contribution in [0.15, 0.2) is 0 Å². The molecule has 0 spiro atoms. The highest BCUT2D eigenvalue weighted by Crippen LogP contribution is 2.09. The number of nitrogens with one attached hydrogen (secondary N) is 2. The van der Waals surface area contributed by atoms with Gasteiger partial charge in [0.1, 0.15) is 0 Å². The summed E-state index contributed by atoms with van der Waals surface area (Å²) in [5.74, 6) is 0.807. The van der Waals surface area contributed by atoms with Crippen LogP contribution >= 0.6 is 0 Å². The summed E-state index contributed by atoms with van der Waals surface area (Å²) in [4.78, 5) is 2.60. The Morgan fingerprint density at radius 3 is 2.74 bits per heavy atom. The molecule has 1 saturated heterocycles. The number of aromatic nitrogens is 4. The maximum Gasteiger partial charge on any atom is 0.174 e. The second-order valence-electron chi connectivity index (χ2n) is 5.50. The monoisotopic (exact) mass is 266 g/mol. The van der Waals surface area contributed by atoms with Gasteiger partial charge >= 0.3 is 0 Å². The van der Waals surface area contributed by atoms with Crippen molar-refractivity contribution in [1.29, 1.82) is 0 Å². The third kappa shape index (κ3) is 5.65. The van der Waals surface area contributed by atoms with Crippen LogP contribution in [0.5, 0.6) is 0 Å². The molecule has 19 heavy (non-hydrogen) atoms. The van der Waals surface area contributed by atoms with Gasteiger partial charge in [-0.25, -0.2) is 0 Å². The molecule has 0 aromatic carbocycles. The zero-order valence-electron chi connectivity index (χ0n) is 11.9. The van der Waals surface area contributed by atoms with Crippen LogP contribution in [0, 0.1) is 0 Å². The minimum atomic E-state index is 0.559. The Labute approximate surface area is 115 Å². The molecule has 0 aliphatic carbocycles. The summed E-state index contributed by atoms with van der Waals surface area (Å²) < 4.78 is 0. The van der Waals surface area contributed by atoms with Crippen LogP contribution in [0.3, 0.4) is 0 Å². The lowest BCUT2D eigenvalue weighted by atomic mass is 10.2. The highest BCUT2D eigenvalue weighted by Gasteiger charge is 2.11. The van der Waals surface area contributed by atoms with E-state index in [1.54, 1.807) is 0 Å². The van der Waals surface area contributed by atoms with E-state index in [1.165, 1.54) is 45.3 Å². The maximum atomic E-state index is 3.95. The SMILES string of the molecule is CC(CN1CCCCCC1)NCCCc1nn[nH]n1. The van der Waals surface area contributed by atoms with Crippen LogP contribution in [0.2, 0.25) is 0 Å². The van der Waals surface area contributed by atoms with Crippen molar-refractivity contribution >= 4 is 0 Å². The summed E-state index contributed by atoms with van der Waals surface area (Å²) in [5, 5.41) is 17.5. The molecular formula is C13H26N6. The van der Waals surface area contributed by atoms with E-state index in [9.17, 15) is 0 Å². The normalized spacial score (nSPS) is 19.2. The van der Waals surface area contributed by atoms with E-state index in [1.807, 2.05) is 0 Å². The highest BCUT2D eigenvalue weighted by molar-refractivity contribution is 4.76. The molecule has 1 aliphatic heterocycles. The smallest absolute Gasteiger partial charge is 0.174 e. The first-order valence-electron chi connectivity index (χ1n) is 7.52. The van der Waals surface area contributed by atoms with E-state index in [2.05, 4.69) is 37.8 Å². The van der Waals surface area contributed by atoms with Crippen molar-refractivity contribution < 1.29 is 0 Å². The summed E-state index contributed by atoms with van der Waals surface area (Å²) in [5.41, 5.74) is 0. The third-order valence-electron chi connectivity index (χ3n) is 3.69. The minimum Gasteiger partial charge on any atom is -0.313 e. The molecule has 1 atom stereocenters. The second-order valence-corrected chi connectivity index (χ2v) is 5.50. The van der Waals surface area contributed by atoms with Gasteiger partial charge in [0.2, 0.25) is 0 Å². The van der Waals surface area contributed by atoms with E-state index in [0.717, 1.165) is 25.2 Å². The van der Waals surface area contributed by atoms with Gasteiger partial charge in [0.05, 0.1) is 0 Å². The van der Waals surface area contributed by atoms with E-state index < -0.39 is 0 Å². The van der Waals surface area contributed by atoms with Gasteiger partial charge in [0.15, 0.2) is 5.82 Å². The zero-order chi connectivity index (χ0) is 13.3. The van der Waals surface area contributed by atoms with Crippen LogP contribution in [-0.4, -0.2) is 57.7 Å². The summed E-state index contributed by atoms with van der Waals surface area (Å²) in [6, 6.07) is 0.559. The third-order valence-corrected chi connectivity index (χ3v) is 3.69. The summed E-state index contributed by atoms with van der Waals surface area (Å²) >= 11 is 0. The molecule has 108 valence electrons. The molecule has 0 bridgehead atoms. The molecule has 1 aromatic rings. The summed E-state index contributed by atoms with van der Waals surface area (Å²) in [7, 11) is 0. The lowest BCUT2D eigenvalue weighted by Crippen LogP contribution is -2.40. The predicted molar refractivity (Wildman–Crippen MR) is 74.9 cm³/mol. The summed E-state index contributed by atoms with van der Waals surface area (Å²) in [6.45, 7) is 7.01. The number of nitrogens with zero attached hydrogens (tertiary/aromatic N) is 4. The number of likely N-dealkylation sites (tertiary alicyclic amines) is 1. The van der Waals surface area contributed by atoms with Crippen LogP contribution in [0.25, 0.3) is 0 Å². The lowest BCUT2D eigenvalue weighted by molar-refractivity contribution is 0.256. The van der Waals surface area contributed by atoms with Gasteiger partial charge in [-0.05, 0) is 45.8 Å². The van der Waals surface area contributed by atoms with Gasteiger partial charge in [-0.2, -0.15) is 5.21 Å². The minimum absolute atomic E-state index is 0.559. The highest BCUT2D eigenvalue weighted by atomic mass is 15.5. The molecule has 1 aromatic heterocycles. The fourth-order valence-corrected chi connectivity index (χ4v) is 2.65. The van der Waals surface area contributed by atoms with E-state index in [0.29, 0.717) is 6.04 Å². The van der Waals surface area contributed by atoms with Crippen molar-refractivity contribution in [3.63, 3.8) is 0 Å². The largest absolute Gasteiger partial charge is 0.313 e. The average molecular weight is 266 g/mol. The number of aromatic amines is 1. The molecule has 2 N–H and O–H groups in total. The first kappa shape index (κ1) is 14.4. The van der Waals surface area contributed by atoms with Gasteiger partial charge in [-0.1, -0.05) is 18.1 Å². The van der Waals surface area contributed by atoms with E-state index in [4.69, 9.17) is 0 Å². The van der Waals surface area contributed by atoms with Crippen molar-refractivity contribution in [3.8, 4) is 0 Å². The van der Waals surface area contributed by atoms with Crippen molar-refractivity contribution in [2.45, 2.75) is 51.5 Å². The van der Waals surface area contributed by atoms with Crippen molar-refractivity contribution in [2.24, 2.45) is 0 Å². The Bertz CT molecular complexity index is 318. The van der Waals surface area contributed by atoms with E-state index >= 15 is 0 Å². The molecule has 1 unspecified atom stereocenters. The van der Waals surface area contributed by atoms with Crippen LogP contribution in [0.4, 0.5) is 0 Å². The Balaban J connectivity index is 1.54. The van der Waals surface area contributed by atoms with Crippen LogP contribution in [-0.2, 0) is 6.42 Å². The van der Waals surface area contributed by atoms with Crippen molar-refractivity contribution in [1.82, 2.24) is 30.8 Å². The number of rotatable bonds is 7. The topological polar surface area (TPSA) is 69.7 Å². The number of aryl methyl sites for hydroxylation is 1. The molecule has 6 heteroatoms. The molecule has 6 nitrogen and oxygen atoms in total. The molecule has 2 heterocycles. The van der Waals surface area contributed by atoms with Gasteiger partial charge < -0.3 is 10.2 Å². The standard InChI is InChI=1S/C13H26N6/c1-12(11-19-9-4-2-3-5-10-19)14-8-6-7-13-15-17-18-16-13/h12,14H,2-11H2,1H3,(H,15,16,17,18). The fraction of sp³-hybridized carbons (Fsp3) is 0.923. The van der Waals surface area contributed by atoms with Gasteiger partial charge in [0.25, 0.3) is 0 Å². The Morgan fingerprint density at radius 2 is 2.05 bits per heavy atom. The fourth-order valence-electron chi connectivity index (χ4n) is 2.65. The molecular weight excluding hydrogens is 240 g/mol. The molecule has 0 amide bonds. The van der Waals surface area contributed by atoms with Crippen molar-refractivity contribution in [2.75, 3.05) is 26.2 Å². The first-order valence-corrected chi connectivity index (χ1v) is 7.52. The van der Waals surface area contributed by atoms with E-state index in [-0.39, 0.29) is 0 Å². The quantitative estimate of drug-likeness (QED) is 0.720. The first-order chi connectivity index (χ1) is 9.34. The Morgan fingerprint density at radius 1 is 1.26 bits per heavy atom. The van der Waals surface area contributed by atoms with Crippen molar-refractivity contribution in [3.05, 3.63) is 5.82 Å². The maximum absolute atomic E-state index is 3.95.